The first-order chi connectivity index (χ1) is 4.79. The molecule has 10 heavy (non-hydrogen) atoms. The monoisotopic (exact) mass is 264 g/mol. The minimum absolute atomic E-state index is 1.12. The third kappa shape index (κ3) is 0.784. The maximum Gasteiger partial charge on any atom is 0.0906 e. The predicted octanol–water partition coefficient (Wildman–Crippen LogP) is 2.60. The largest absolute Gasteiger partial charge is 0.203 e. The van der Waals surface area contributed by atoms with E-state index in [2.05, 4.69) is 38.7 Å². The van der Waals surface area contributed by atoms with Crippen molar-refractivity contribution in [1.82, 2.24) is 7.99 Å². The summed E-state index contributed by atoms with van der Waals surface area (Å²) in [7, 11) is 0. The molecule has 2 heterocycles. The average Bonchev–Trinajstić information content (AvgIpc) is 2.39. The van der Waals surface area contributed by atoms with E-state index in [4.69, 9.17) is 0 Å². The number of rotatable bonds is 0. The van der Waals surface area contributed by atoms with Crippen LogP contribution >= 0.6 is 34.2 Å². The fourth-order valence-corrected chi connectivity index (χ4v) is 2.71. The molecule has 0 aromatic carbocycles. The second-order valence-electron chi connectivity index (χ2n) is 2.12. The van der Waals surface area contributed by atoms with Crippen molar-refractivity contribution in [1.29, 1.82) is 0 Å². The lowest BCUT2D eigenvalue weighted by molar-refractivity contribution is 1.04. The van der Waals surface area contributed by atoms with Crippen molar-refractivity contribution in [3.63, 3.8) is 0 Å². The molecule has 2 aromatic rings. The summed E-state index contributed by atoms with van der Waals surface area (Å²) < 4.78 is 1.89. The van der Waals surface area contributed by atoms with E-state index in [1.54, 1.807) is 11.3 Å². The number of nitrogens with zero attached hydrogens (tertiary/aromatic N) is 2. The van der Waals surface area contributed by atoms with Crippen molar-refractivity contribution in [3.8, 4) is 0 Å². The van der Waals surface area contributed by atoms with Crippen molar-refractivity contribution in [2.75, 3.05) is 0 Å². The summed E-state index contributed by atoms with van der Waals surface area (Å²) in [5.41, 5.74) is 2.34. The van der Waals surface area contributed by atoms with Gasteiger partial charge in [-0.3, -0.25) is 0 Å². The lowest BCUT2D eigenvalue weighted by Gasteiger charge is -1.80. The van der Waals surface area contributed by atoms with Crippen LogP contribution in [-0.4, -0.2) is 7.99 Å². The number of aromatic nitrogens is 2. The highest BCUT2D eigenvalue weighted by Gasteiger charge is 2.04. The van der Waals surface area contributed by atoms with Gasteiger partial charge in [0.15, 0.2) is 0 Å². The summed E-state index contributed by atoms with van der Waals surface area (Å²) >= 11 is 3.91. The SMILES string of the molecule is Cc1nn(I)c2cscc12. The van der Waals surface area contributed by atoms with E-state index in [1.165, 1.54) is 10.9 Å². The van der Waals surface area contributed by atoms with Crippen LogP contribution in [0.3, 0.4) is 0 Å². The van der Waals surface area contributed by atoms with Crippen LogP contribution in [0.15, 0.2) is 10.8 Å². The Morgan fingerprint density at radius 3 is 3.10 bits per heavy atom. The molecule has 0 radical (unpaired) electrons. The Bertz CT molecular complexity index is 331. The normalized spacial score (nSPS) is 11.0. The predicted molar refractivity (Wildman–Crippen MR) is 51.8 cm³/mol. The van der Waals surface area contributed by atoms with Gasteiger partial charge in [0.2, 0.25) is 0 Å². The van der Waals surface area contributed by atoms with Gasteiger partial charge in [0.25, 0.3) is 0 Å². The van der Waals surface area contributed by atoms with Gasteiger partial charge in [-0.25, -0.2) is 2.90 Å². The van der Waals surface area contributed by atoms with Gasteiger partial charge in [-0.15, -0.1) is 11.3 Å². The van der Waals surface area contributed by atoms with Gasteiger partial charge >= 0.3 is 0 Å². The van der Waals surface area contributed by atoms with E-state index < -0.39 is 0 Å². The molecule has 0 aliphatic heterocycles. The summed E-state index contributed by atoms with van der Waals surface area (Å²) in [6.45, 7) is 2.03. The Kier molecular flexibility index (Phi) is 1.45. The van der Waals surface area contributed by atoms with E-state index in [-0.39, 0.29) is 0 Å². The third-order valence-corrected chi connectivity index (χ3v) is 2.93. The van der Waals surface area contributed by atoms with Crippen molar-refractivity contribution in [3.05, 3.63) is 16.5 Å². The van der Waals surface area contributed by atoms with Crippen molar-refractivity contribution >= 4 is 45.1 Å². The highest BCUT2D eigenvalue weighted by atomic mass is 127. The summed E-state index contributed by atoms with van der Waals surface area (Å²) in [6.07, 6.45) is 0. The zero-order chi connectivity index (χ0) is 7.14. The molecular weight excluding hydrogens is 259 g/mol. The lowest BCUT2D eigenvalue weighted by atomic mass is 10.3. The number of fused-ring (bicyclic) bond motifs is 1. The molecule has 0 aliphatic rings. The van der Waals surface area contributed by atoms with Crippen LogP contribution in [0.1, 0.15) is 5.69 Å². The maximum atomic E-state index is 4.26. The van der Waals surface area contributed by atoms with Crippen LogP contribution in [0.2, 0.25) is 0 Å². The molecule has 4 heteroatoms. The quantitative estimate of drug-likeness (QED) is 0.669. The van der Waals surface area contributed by atoms with Crippen LogP contribution < -0.4 is 0 Å². The van der Waals surface area contributed by atoms with E-state index in [9.17, 15) is 0 Å². The van der Waals surface area contributed by atoms with Crippen LogP contribution in [0.4, 0.5) is 0 Å². The van der Waals surface area contributed by atoms with E-state index in [0.29, 0.717) is 0 Å². The summed E-state index contributed by atoms with van der Waals surface area (Å²) in [4.78, 5) is 0. The molecule has 0 N–H and O–H groups in total. The molecular formula is C6H5IN2S. The van der Waals surface area contributed by atoms with Crippen molar-refractivity contribution < 1.29 is 0 Å². The smallest absolute Gasteiger partial charge is 0.0906 e. The first-order valence-corrected chi connectivity index (χ1v) is 4.77. The Hall–Kier alpha value is -0.100. The van der Waals surface area contributed by atoms with Crippen LogP contribution in [0.25, 0.3) is 10.9 Å². The molecule has 0 bridgehead atoms. The van der Waals surface area contributed by atoms with Crippen LogP contribution in [0.5, 0.6) is 0 Å². The number of thiophene rings is 1. The van der Waals surface area contributed by atoms with Gasteiger partial charge in [-0.2, -0.15) is 5.10 Å². The molecule has 0 amide bonds. The van der Waals surface area contributed by atoms with Gasteiger partial charge in [-0.05, 0) is 6.92 Å². The number of aryl methyl sites for hydroxylation is 1. The molecule has 0 atom stereocenters. The molecule has 52 valence electrons. The van der Waals surface area contributed by atoms with Gasteiger partial charge < -0.3 is 0 Å². The minimum atomic E-state index is 1.12. The van der Waals surface area contributed by atoms with E-state index >= 15 is 0 Å². The summed E-state index contributed by atoms with van der Waals surface area (Å²) in [6, 6.07) is 0. The Morgan fingerprint density at radius 2 is 2.40 bits per heavy atom. The number of hydrogen-bond acceptors (Lipinski definition) is 2. The third-order valence-electron chi connectivity index (χ3n) is 1.47. The van der Waals surface area contributed by atoms with Crippen LogP contribution in [0, 0.1) is 6.92 Å². The van der Waals surface area contributed by atoms with Crippen molar-refractivity contribution in [2.24, 2.45) is 0 Å². The second-order valence-corrected chi connectivity index (χ2v) is 3.77. The van der Waals surface area contributed by atoms with E-state index in [1.807, 2.05) is 9.82 Å². The highest BCUT2D eigenvalue weighted by Crippen LogP contribution is 2.23. The second kappa shape index (κ2) is 2.20. The molecule has 2 aromatic heterocycles. The average molecular weight is 264 g/mol. The van der Waals surface area contributed by atoms with Gasteiger partial charge in [0, 0.05) is 16.1 Å². The molecule has 2 rings (SSSR count). The standard InChI is InChI=1S/C6H5IN2S/c1-4-5-2-10-3-6(5)9(7)8-4/h2-3H,1H3. The first kappa shape index (κ1) is 6.60. The molecule has 2 nitrogen and oxygen atoms in total. The highest BCUT2D eigenvalue weighted by molar-refractivity contribution is 14.1. The molecule has 0 spiro atoms. The number of halogens is 1. The summed E-state index contributed by atoms with van der Waals surface area (Å²) in [5.74, 6) is 0. The first-order valence-electron chi connectivity index (χ1n) is 2.86. The fourth-order valence-electron chi connectivity index (χ4n) is 0.943. The van der Waals surface area contributed by atoms with Gasteiger partial charge in [0.05, 0.1) is 34.1 Å². The Labute approximate surface area is 76.3 Å². The molecule has 0 saturated heterocycles. The van der Waals surface area contributed by atoms with E-state index in [0.717, 1.165) is 5.69 Å². The molecule has 0 aliphatic carbocycles. The topological polar surface area (TPSA) is 17.8 Å². The van der Waals surface area contributed by atoms with Gasteiger partial charge in [0.1, 0.15) is 0 Å². The van der Waals surface area contributed by atoms with Gasteiger partial charge in [-0.1, -0.05) is 0 Å². The lowest BCUT2D eigenvalue weighted by Crippen LogP contribution is -1.78. The molecule has 0 unspecified atom stereocenters. The maximum absolute atomic E-state index is 4.26. The molecule has 0 fully saturated rings. The fraction of sp³-hybridized carbons (Fsp3) is 0.167. The Balaban J connectivity index is 2.98. The molecule has 0 saturated carbocycles. The zero-order valence-corrected chi connectivity index (χ0v) is 8.31. The summed E-state index contributed by atoms with van der Waals surface area (Å²) in [5, 5.41) is 9.78. The van der Waals surface area contributed by atoms with Crippen molar-refractivity contribution in [2.45, 2.75) is 6.92 Å². The minimum Gasteiger partial charge on any atom is -0.203 e. The zero-order valence-electron chi connectivity index (χ0n) is 5.34. The van der Waals surface area contributed by atoms with Crippen LogP contribution in [-0.2, 0) is 0 Å². The Morgan fingerprint density at radius 1 is 1.60 bits per heavy atom. The number of hydrogen-bond donors (Lipinski definition) is 0.